The summed E-state index contributed by atoms with van der Waals surface area (Å²) in [5.74, 6) is -0.465. The summed E-state index contributed by atoms with van der Waals surface area (Å²) in [5.41, 5.74) is 1.92. The molecule has 0 radical (unpaired) electrons. The maximum absolute atomic E-state index is 14.5. The Morgan fingerprint density at radius 2 is 1.63 bits per heavy atom. The molecule has 43 heavy (non-hydrogen) atoms. The third-order valence-corrected chi connectivity index (χ3v) is 9.35. The Morgan fingerprint density at radius 3 is 2.35 bits per heavy atom. The van der Waals surface area contributed by atoms with E-state index in [1.165, 1.54) is 21.4 Å². The summed E-state index contributed by atoms with van der Waals surface area (Å²) in [6.45, 7) is 0. The first-order valence-electron chi connectivity index (χ1n) is 13.1. The van der Waals surface area contributed by atoms with Crippen LogP contribution in [0, 0.1) is 0 Å². The highest BCUT2D eigenvalue weighted by Gasteiger charge is 2.37. The van der Waals surface area contributed by atoms with Crippen LogP contribution >= 0.6 is 55.2 Å². The molecule has 4 aromatic carbocycles. The average Bonchev–Trinajstić information content (AvgIpc) is 3.39. The number of halogens is 3. The lowest BCUT2D eigenvalue weighted by Crippen LogP contribution is -2.47. The minimum absolute atomic E-state index is 0.0708. The van der Waals surface area contributed by atoms with Crippen LogP contribution in [0.3, 0.4) is 0 Å². The average molecular weight is 737 g/mol. The molecule has 1 aliphatic rings. The molecule has 1 atom stereocenters. The van der Waals surface area contributed by atoms with Crippen molar-refractivity contribution in [3.63, 3.8) is 0 Å². The summed E-state index contributed by atoms with van der Waals surface area (Å²) in [5, 5.41) is 4.59. The van der Waals surface area contributed by atoms with E-state index in [9.17, 15) is 14.4 Å². The summed E-state index contributed by atoms with van der Waals surface area (Å²) >= 11 is 15.0. The highest BCUT2D eigenvalue weighted by Crippen LogP contribution is 2.38. The van der Waals surface area contributed by atoms with E-state index in [1.54, 1.807) is 60.7 Å². The number of rotatable bonds is 6. The molecule has 11 heteroatoms. The van der Waals surface area contributed by atoms with Crippen molar-refractivity contribution in [2.75, 3.05) is 10.8 Å². The number of carbonyl (C=O) groups is 2. The molecule has 2 heterocycles. The van der Waals surface area contributed by atoms with E-state index in [0.717, 1.165) is 5.56 Å². The number of aromatic nitrogens is 2. The molecule has 1 fully saturated rings. The van der Waals surface area contributed by atoms with Gasteiger partial charge in [-0.3, -0.25) is 14.4 Å². The van der Waals surface area contributed by atoms with Crippen LogP contribution in [-0.4, -0.2) is 27.2 Å². The molecule has 0 aliphatic carbocycles. The van der Waals surface area contributed by atoms with Gasteiger partial charge < -0.3 is 5.32 Å². The van der Waals surface area contributed by atoms with Gasteiger partial charge in [0.2, 0.25) is 0 Å². The minimum atomic E-state index is -0.508. The van der Waals surface area contributed by atoms with Gasteiger partial charge in [0, 0.05) is 19.5 Å². The van der Waals surface area contributed by atoms with E-state index in [0.29, 0.717) is 30.6 Å². The maximum atomic E-state index is 14.5. The van der Waals surface area contributed by atoms with Crippen molar-refractivity contribution < 1.29 is 9.59 Å². The van der Waals surface area contributed by atoms with E-state index in [2.05, 4.69) is 37.2 Å². The monoisotopic (exact) mass is 734 g/mol. The number of nitrogens with zero attached hydrogens (tertiary/aromatic N) is 3. The van der Waals surface area contributed by atoms with Gasteiger partial charge >= 0.3 is 0 Å². The second-order valence-electron chi connectivity index (χ2n) is 9.55. The zero-order chi connectivity index (χ0) is 30.1. The first-order valence-corrected chi connectivity index (χ1v) is 16.1. The molecule has 0 spiro atoms. The van der Waals surface area contributed by atoms with Crippen molar-refractivity contribution in [3.05, 3.63) is 144 Å². The summed E-state index contributed by atoms with van der Waals surface area (Å²) in [4.78, 5) is 46.5. The van der Waals surface area contributed by atoms with Crippen LogP contribution in [0.1, 0.15) is 32.7 Å². The summed E-state index contributed by atoms with van der Waals surface area (Å²) in [7, 11) is 0. The Bertz CT molecular complexity index is 1970. The van der Waals surface area contributed by atoms with Gasteiger partial charge in [0.05, 0.1) is 22.4 Å². The highest BCUT2D eigenvalue weighted by atomic mass is 79.9. The standard InChI is InChI=1S/C32H21Br2ClN4O3S/c33-22-16-23-28(24(34)17-22)37-29(39(31(23)42)38-27(40)18-43-32(38)20-11-5-2-6-12-20)26(15-21-13-7-8-14-25(21)35)36-30(41)19-9-3-1-4-10-19/h1-17,32H,18H2,(H,36,41)/b26-15-. The lowest BCUT2D eigenvalue weighted by atomic mass is 10.1. The fraction of sp³-hybridized carbons (Fsp3) is 0.0625. The third-order valence-electron chi connectivity index (χ3n) is 6.74. The van der Waals surface area contributed by atoms with E-state index >= 15 is 0 Å². The van der Waals surface area contributed by atoms with Crippen molar-refractivity contribution in [2.45, 2.75) is 5.37 Å². The number of hydrogen-bond donors (Lipinski definition) is 1. The number of amides is 2. The molecule has 1 unspecified atom stereocenters. The van der Waals surface area contributed by atoms with Crippen LogP contribution in [0.2, 0.25) is 5.02 Å². The van der Waals surface area contributed by atoms with Gasteiger partial charge in [-0.15, -0.1) is 11.8 Å². The van der Waals surface area contributed by atoms with Gasteiger partial charge in [-0.25, -0.2) is 9.99 Å². The number of fused-ring (bicyclic) bond motifs is 1. The number of carbonyl (C=O) groups excluding carboxylic acids is 2. The lowest BCUT2D eigenvalue weighted by molar-refractivity contribution is -0.117. The van der Waals surface area contributed by atoms with Gasteiger partial charge in [0.15, 0.2) is 5.82 Å². The maximum Gasteiger partial charge on any atom is 0.281 e. The van der Waals surface area contributed by atoms with Crippen molar-refractivity contribution in [3.8, 4) is 0 Å². The van der Waals surface area contributed by atoms with Crippen LogP contribution in [0.5, 0.6) is 0 Å². The van der Waals surface area contributed by atoms with Crippen LogP contribution in [0.15, 0.2) is 111 Å². The summed E-state index contributed by atoms with van der Waals surface area (Å²) in [6, 6.07) is 28.8. The van der Waals surface area contributed by atoms with Crippen LogP contribution in [-0.2, 0) is 4.79 Å². The molecule has 7 nitrogen and oxygen atoms in total. The minimum Gasteiger partial charge on any atom is -0.319 e. The highest BCUT2D eigenvalue weighted by molar-refractivity contribution is 9.11. The molecule has 1 saturated heterocycles. The van der Waals surface area contributed by atoms with Gasteiger partial charge in [-0.1, -0.05) is 94.3 Å². The Morgan fingerprint density at radius 1 is 0.953 bits per heavy atom. The Kier molecular flexibility index (Phi) is 8.54. The molecule has 0 bridgehead atoms. The molecule has 6 rings (SSSR count). The predicted molar refractivity (Wildman–Crippen MR) is 179 cm³/mol. The molecule has 2 amide bonds. The van der Waals surface area contributed by atoms with Crippen molar-refractivity contribution in [2.24, 2.45) is 0 Å². The molecule has 5 aromatic rings. The van der Waals surface area contributed by atoms with Crippen LogP contribution in [0.4, 0.5) is 0 Å². The van der Waals surface area contributed by atoms with Gasteiger partial charge in [0.25, 0.3) is 17.4 Å². The van der Waals surface area contributed by atoms with E-state index in [4.69, 9.17) is 16.6 Å². The first-order chi connectivity index (χ1) is 20.8. The van der Waals surface area contributed by atoms with Crippen molar-refractivity contribution in [1.29, 1.82) is 0 Å². The van der Waals surface area contributed by atoms with Gasteiger partial charge in [-0.2, -0.15) is 4.68 Å². The van der Waals surface area contributed by atoms with Crippen LogP contribution < -0.4 is 15.9 Å². The van der Waals surface area contributed by atoms with Crippen molar-refractivity contribution >= 4 is 89.7 Å². The third kappa shape index (κ3) is 5.92. The molecular weight excluding hydrogens is 716 g/mol. The first kappa shape index (κ1) is 29.4. The molecule has 1 aromatic heterocycles. The van der Waals surface area contributed by atoms with Gasteiger partial charge in [0.1, 0.15) is 5.37 Å². The molecule has 0 saturated carbocycles. The smallest absolute Gasteiger partial charge is 0.281 e. The fourth-order valence-corrected chi connectivity index (χ4v) is 7.40. The second kappa shape index (κ2) is 12.5. The second-order valence-corrected chi connectivity index (χ2v) is 12.8. The topological polar surface area (TPSA) is 84.3 Å². The summed E-state index contributed by atoms with van der Waals surface area (Å²) in [6.07, 6.45) is 1.66. The lowest BCUT2D eigenvalue weighted by Gasteiger charge is -2.28. The molecule has 214 valence electrons. The Labute approximate surface area is 272 Å². The summed E-state index contributed by atoms with van der Waals surface area (Å²) < 4.78 is 2.50. The van der Waals surface area contributed by atoms with Crippen molar-refractivity contribution in [1.82, 2.24) is 15.0 Å². The SMILES string of the molecule is O=C(N/C(=C\c1ccccc1Cl)c1nc2c(Br)cc(Br)cc2c(=O)n1N1C(=O)CSC1c1ccccc1)c1ccccc1. The number of hydrogen-bond acceptors (Lipinski definition) is 5. The quantitative estimate of drug-likeness (QED) is 0.196. The normalized spacial score (nSPS) is 15.2. The van der Waals surface area contributed by atoms with E-state index < -0.39 is 16.8 Å². The molecule has 1 N–H and O–H groups in total. The van der Waals surface area contributed by atoms with E-state index in [-0.39, 0.29) is 28.6 Å². The largest absolute Gasteiger partial charge is 0.319 e. The molecule has 1 aliphatic heterocycles. The zero-order valence-electron chi connectivity index (χ0n) is 22.2. The zero-order valence-corrected chi connectivity index (χ0v) is 27.0. The predicted octanol–water partition coefficient (Wildman–Crippen LogP) is 7.41. The van der Waals surface area contributed by atoms with Crippen LogP contribution in [0.25, 0.3) is 22.7 Å². The number of benzene rings is 4. The van der Waals surface area contributed by atoms with E-state index in [1.807, 2.05) is 42.5 Å². The number of nitrogens with one attached hydrogen (secondary N) is 1. The molecular formula is C32H21Br2ClN4O3S. The Hall–Kier alpha value is -3.70. The fourth-order valence-electron chi connectivity index (χ4n) is 4.76. The van der Waals surface area contributed by atoms with Gasteiger partial charge in [-0.05, 0) is 63.5 Å². The number of thioether (sulfide) groups is 1. The Balaban J connectivity index is 1.65.